The Balaban J connectivity index is 2.30. The van der Waals surface area contributed by atoms with Crippen LogP contribution in [0.15, 0.2) is 5.38 Å². The first-order valence-electron chi connectivity index (χ1n) is 5.99. The smallest absolute Gasteiger partial charge is 0.396 e. The fourth-order valence-corrected chi connectivity index (χ4v) is 2.18. The number of hydrogen-bond donors (Lipinski definition) is 3. The molecular formula is C11H16F3N3O2S. The molecule has 0 radical (unpaired) electrons. The molecule has 1 heterocycles. The summed E-state index contributed by atoms with van der Waals surface area (Å²) in [6, 6.07) is -0.588. The minimum absolute atomic E-state index is 0.0270. The van der Waals surface area contributed by atoms with Gasteiger partial charge < -0.3 is 15.7 Å². The maximum atomic E-state index is 12.3. The van der Waals surface area contributed by atoms with Gasteiger partial charge in [0.15, 0.2) is 5.69 Å². The van der Waals surface area contributed by atoms with Gasteiger partial charge in [0.2, 0.25) is 0 Å². The Kier molecular flexibility index (Phi) is 6.21. The Morgan fingerprint density at radius 1 is 1.55 bits per heavy atom. The number of urea groups is 1. The maximum absolute atomic E-state index is 12.3. The highest BCUT2D eigenvalue weighted by atomic mass is 32.1. The number of nitrogens with zero attached hydrogens (tertiary/aromatic N) is 1. The van der Waals surface area contributed by atoms with Crippen LogP contribution in [0.1, 0.15) is 24.0 Å². The van der Waals surface area contributed by atoms with Crippen LogP contribution in [-0.4, -0.2) is 35.3 Å². The number of nitrogens with one attached hydrogen (secondary N) is 2. The minimum atomic E-state index is -4.43. The van der Waals surface area contributed by atoms with Crippen LogP contribution in [0.3, 0.4) is 0 Å². The number of aliphatic hydroxyl groups excluding tert-OH is 1. The third kappa shape index (κ3) is 5.74. The van der Waals surface area contributed by atoms with Crippen molar-refractivity contribution in [1.82, 2.24) is 15.6 Å². The van der Waals surface area contributed by atoms with Crippen molar-refractivity contribution in [2.24, 2.45) is 0 Å². The summed E-state index contributed by atoms with van der Waals surface area (Å²) < 4.78 is 36.9. The number of rotatable bonds is 6. The number of hydrogen-bond acceptors (Lipinski definition) is 4. The van der Waals surface area contributed by atoms with Crippen LogP contribution < -0.4 is 10.6 Å². The molecule has 0 spiro atoms. The average Bonchev–Trinajstić information content (AvgIpc) is 2.77. The number of aromatic nitrogens is 1. The molecule has 5 nitrogen and oxygen atoms in total. The van der Waals surface area contributed by atoms with Crippen LogP contribution in [0.5, 0.6) is 0 Å². The number of aliphatic hydroxyl groups is 1. The monoisotopic (exact) mass is 311 g/mol. The molecule has 0 aliphatic rings. The summed E-state index contributed by atoms with van der Waals surface area (Å²) in [5.74, 6) is 0. The normalized spacial score (nSPS) is 13.1. The third-order valence-corrected chi connectivity index (χ3v) is 3.31. The molecule has 1 atom stereocenters. The minimum Gasteiger partial charge on any atom is -0.396 e. The molecule has 1 aromatic rings. The number of thiazole rings is 1. The van der Waals surface area contributed by atoms with Gasteiger partial charge >= 0.3 is 12.2 Å². The lowest BCUT2D eigenvalue weighted by atomic mass is 10.2. The van der Waals surface area contributed by atoms with Crippen molar-refractivity contribution in [2.45, 2.75) is 32.0 Å². The second-order valence-electron chi connectivity index (χ2n) is 4.19. The van der Waals surface area contributed by atoms with Crippen molar-refractivity contribution in [1.29, 1.82) is 0 Å². The molecule has 0 aliphatic heterocycles. The van der Waals surface area contributed by atoms with Crippen LogP contribution in [0, 0.1) is 0 Å². The zero-order valence-corrected chi connectivity index (χ0v) is 11.6. The zero-order valence-electron chi connectivity index (χ0n) is 10.8. The third-order valence-electron chi connectivity index (χ3n) is 2.41. The number of carbonyl (C=O) groups excluding carboxylic acids is 1. The topological polar surface area (TPSA) is 74.2 Å². The van der Waals surface area contributed by atoms with Gasteiger partial charge in [0.25, 0.3) is 0 Å². The van der Waals surface area contributed by atoms with Crippen LogP contribution in [0.2, 0.25) is 0 Å². The standard InChI is InChI=1S/C11H16F3N3O2S/c1-7(3-5-18)16-10(19)15-4-2-9-17-8(6-20-9)11(12,13)14/h6-7,18H,2-5H2,1H3,(H2,15,16,19)/t7-/m1/s1. The van der Waals surface area contributed by atoms with Gasteiger partial charge in [-0.15, -0.1) is 11.3 Å². The summed E-state index contributed by atoms with van der Waals surface area (Å²) in [5, 5.41) is 15.1. The summed E-state index contributed by atoms with van der Waals surface area (Å²) in [6.45, 7) is 1.91. The van der Waals surface area contributed by atoms with E-state index in [1.807, 2.05) is 0 Å². The fourth-order valence-electron chi connectivity index (χ4n) is 1.38. The Morgan fingerprint density at radius 3 is 2.80 bits per heavy atom. The summed E-state index contributed by atoms with van der Waals surface area (Å²) in [4.78, 5) is 14.8. The molecule has 0 aromatic carbocycles. The molecular weight excluding hydrogens is 295 g/mol. The van der Waals surface area contributed by atoms with E-state index in [0.717, 1.165) is 16.7 Å². The van der Waals surface area contributed by atoms with E-state index in [1.165, 1.54) is 0 Å². The first-order chi connectivity index (χ1) is 9.32. The van der Waals surface area contributed by atoms with Gasteiger partial charge in [-0.25, -0.2) is 9.78 Å². The van der Waals surface area contributed by atoms with Crippen molar-refractivity contribution >= 4 is 17.4 Å². The lowest BCUT2D eigenvalue weighted by Gasteiger charge is -2.12. The predicted molar refractivity (Wildman–Crippen MR) is 68.5 cm³/mol. The van der Waals surface area contributed by atoms with Gasteiger partial charge in [0, 0.05) is 31.0 Å². The van der Waals surface area contributed by atoms with Crippen molar-refractivity contribution in [3.8, 4) is 0 Å². The molecule has 0 bridgehead atoms. The molecule has 20 heavy (non-hydrogen) atoms. The molecule has 3 N–H and O–H groups in total. The maximum Gasteiger partial charge on any atom is 0.434 e. The lowest BCUT2D eigenvalue weighted by molar-refractivity contribution is -0.140. The van der Waals surface area contributed by atoms with E-state index >= 15 is 0 Å². The summed E-state index contributed by atoms with van der Waals surface area (Å²) in [6.07, 6.45) is -3.75. The van der Waals surface area contributed by atoms with Gasteiger partial charge in [-0.2, -0.15) is 13.2 Å². The molecule has 9 heteroatoms. The Labute approximate surface area is 118 Å². The molecule has 0 saturated heterocycles. The van der Waals surface area contributed by atoms with E-state index in [1.54, 1.807) is 6.92 Å². The first-order valence-corrected chi connectivity index (χ1v) is 6.87. The number of amides is 2. The molecule has 0 saturated carbocycles. The van der Waals surface area contributed by atoms with Crippen LogP contribution in [0.4, 0.5) is 18.0 Å². The molecule has 0 unspecified atom stereocenters. The van der Waals surface area contributed by atoms with Gasteiger partial charge in [-0.05, 0) is 13.3 Å². The molecule has 2 amide bonds. The average molecular weight is 311 g/mol. The number of carbonyl (C=O) groups is 1. The lowest BCUT2D eigenvalue weighted by Crippen LogP contribution is -2.41. The van der Waals surface area contributed by atoms with Gasteiger partial charge in [-0.1, -0.05) is 0 Å². The second-order valence-corrected chi connectivity index (χ2v) is 5.13. The van der Waals surface area contributed by atoms with Gasteiger partial charge in [0.05, 0.1) is 5.01 Å². The van der Waals surface area contributed by atoms with E-state index in [0.29, 0.717) is 11.4 Å². The highest BCUT2D eigenvalue weighted by Crippen LogP contribution is 2.29. The van der Waals surface area contributed by atoms with Crippen molar-refractivity contribution in [2.75, 3.05) is 13.2 Å². The van der Waals surface area contributed by atoms with Crippen molar-refractivity contribution in [3.05, 3.63) is 16.1 Å². The Morgan fingerprint density at radius 2 is 2.25 bits per heavy atom. The van der Waals surface area contributed by atoms with E-state index in [-0.39, 0.29) is 25.6 Å². The number of halogens is 3. The summed E-state index contributed by atoms with van der Waals surface area (Å²) in [7, 11) is 0. The molecule has 1 rings (SSSR count). The van der Waals surface area contributed by atoms with E-state index in [9.17, 15) is 18.0 Å². The largest absolute Gasteiger partial charge is 0.434 e. The van der Waals surface area contributed by atoms with Gasteiger partial charge in [0.1, 0.15) is 0 Å². The predicted octanol–water partition coefficient (Wildman–Crippen LogP) is 1.77. The molecule has 1 aromatic heterocycles. The molecule has 0 aliphatic carbocycles. The first kappa shape index (κ1) is 16.7. The van der Waals surface area contributed by atoms with Crippen LogP contribution in [-0.2, 0) is 12.6 Å². The highest BCUT2D eigenvalue weighted by Gasteiger charge is 2.33. The van der Waals surface area contributed by atoms with Crippen LogP contribution >= 0.6 is 11.3 Å². The summed E-state index contributed by atoms with van der Waals surface area (Å²) in [5.41, 5.74) is -0.904. The van der Waals surface area contributed by atoms with E-state index in [2.05, 4.69) is 15.6 Å². The fraction of sp³-hybridized carbons (Fsp3) is 0.636. The zero-order chi connectivity index (χ0) is 15.2. The van der Waals surface area contributed by atoms with Crippen LogP contribution in [0.25, 0.3) is 0 Å². The van der Waals surface area contributed by atoms with Crippen molar-refractivity contribution < 1.29 is 23.1 Å². The Hall–Kier alpha value is -1.35. The molecule has 114 valence electrons. The number of alkyl halides is 3. The Bertz CT molecular complexity index is 437. The molecule has 0 fully saturated rings. The quantitative estimate of drug-likeness (QED) is 0.749. The van der Waals surface area contributed by atoms with E-state index < -0.39 is 17.9 Å². The highest BCUT2D eigenvalue weighted by molar-refractivity contribution is 7.09. The second kappa shape index (κ2) is 7.44. The summed E-state index contributed by atoms with van der Waals surface area (Å²) >= 11 is 0.914. The van der Waals surface area contributed by atoms with Crippen molar-refractivity contribution in [3.63, 3.8) is 0 Å². The SMILES string of the molecule is C[C@H](CCO)NC(=O)NCCc1nc(C(F)(F)F)cs1. The van der Waals surface area contributed by atoms with Gasteiger partial charge in [-0.3, -0.25) is 0 Å². The van der Waals surface area contributed by atoms with E-state index in [4.69, 9.17) is 5.11 Å².